The van der Waals surface area contributed by atoms with Crippen molar-refractivity contribution in [1.82, 2.24) is 10.2 Å². The molecule has 0 bridgehead atoms. The zero-order valence-electron chi connectivity index (χ0n) is 13.5. The van der Waals surface area contributed by atoms with E-state index >= 15 is 0 Å². The van der Waals surface area contributed by atoms with Gasteiger partial charge in [0, 0.05) is 19.0 Å². The minimum absolute atomic E-state index is 0.114. The van der Waals surface area contributed by atoms with E-state index in [0.717, 1.165) is 5.56 Å². The first-order chi connectivity index (χ1) is 11.0. The summed E-state index contributed by atoms with van der Waals surface area (Å²) >= 11 is 0. The number of amides is 1. The number of hydrogen-bond acceptors (Lipinski definition) is 4. The molecule has 0 aliphatic carbocycles. The number of nitrogens with one attached hydrogen (secondary N) is 1. The van der Waals surface area contributed by atoms with Crippen molar-refractivity contribution in [2.24, 2.45) is 0 Å². The van der Waals surface area contributed by atoms with Gasteiger partial charge in [0.2, 0.25) is 5.91 Å². The molecule has 1 saturated heterocycles. The van der Waals surface area contributed by atoms with Crippen LogP contribution in [0, 0.1) is 0 Å². The maximum absolute atomic E-state index is 14.4. The van der Waals surface area contributed by atoms with Gasteiger partial charge in [-0.25, -0.2) is 4.39 Å². The number of piperidine rings is 1. The van der Waals surface area contributed by atoms with Gasteiger partial charge in [-0.15, -0.1) is 0 Å². The van der Waals surface area contributed by atoms with Crippen LogP contribution in [0.15, 0.2) is 30.3 Å². The van der Waals surface area contributed by atoms with Crippen LogP contribution in [0.1, 0.15) is 31.9 Å². The Kier molecular flexibility index (Phi) is 6.10. The van der Waals surface area contributed by atoms with Crippen LogP contribution in [0.2, 0.25) is 0 Å². The van der Waals surface area contributed by atoms with Gasteiger partial charge in [0.1, 0.15) is 12.3 Å². The molecule has 5 atom stereocenters. The molecule has 3 N–H and O–H groups in total. The summed E-state index contributed by atoms with van der Waals surface area (Å²) in [6.07, 6.45) is -2.68. The Balaban J connectivity index is 2.22. The monoisotopic (exact) mass is 324 g/mol. The largest absolute Gasteiger partial charge is 0.395 e. The van der Waals surface area contributed by atoms with E-state index in [9.17, 15) is 19.4 Å². The van der Waals surface area contributed by atoms with E-state index in [2.05, 4.69) is 5.32 Å². The first-order valence-electron chi connectivity index (χ1n) is 8.02. The van der Waals surface area contributed by atoms with Gasteiger partial charge in [-0.1, -0.05) is 37.3 Å². The van der Waals surface area contributed by atoms with E-state index in [-0.39, 0.29) is 31.5 Å². The van der Waals surface area contributed by atoms with E-state index in [0.29, 0.717) is 0 Å². The summed E-state index contributed by atoms with van der Waals surface area (Å²) in [4.78, 5) is 13.5. The van der Waals surface area contributed by atoms with Crippen LogP contribution in [-0.2, 0) is 4.79 Å². The SMILES string of the molecule is CCC(=O)N[C@H]1CN(C(C)c2ccccc2)[C@H](CO)[C@@H](O)[C@@H]1F. The number of aliphatic hydroxyl groups excluding tert-OH is 2. The van der Waals surface area contributed by atoms with Gasteiger partial charge in [-0.3, -0.25) is 9.69 Å². The van der Waals surface area contributed by atoms with Crippen molar-refractivity contribution in [2.45, 2.75) is 50.7 Å². The average molecular weight is 324 g/mol. The van der Waals surface area contributed by atoms with Gasteiger partial charge in [0.25, 0.3) is 0 Å². The van der Waals surface area contributed by atoms with Crippen molar-refractivity contribution in [3.05, 3.63) is 35.9 Å². The number of benzene rings is 1. The lowest BCUT2D eigenvalue weighted by atomic mass is 9.90. The van der Waals surface area contributed by atoms with Crippen molar-refractivity contribution >= 4 is 5.91 Å². The number of nitrogens with zero attached hydrogens (tertiary/aromatic N) is 1. The molecule has 1 aromatic carbocycles. The predicted octanol–water partition coefficient (Wildman–Crippen LogP) is 1.02. The molecular formula is C17H25FN2O3. The van der Waals surface area contributed by atoms with E-state index < -0.39 is 24.4 Å². The molecule has 5 nitrogen and oxygen atoms in total. The molecule has 1 aliphatic heterocycles. The zero-order valence-corrected chi connectivity index (χ0v) is 13.5. The Morgan fingerprint density at radius 3 is 2.65 bits per heavy atom. The number of halogens is 1. The standard InChI is InChI=1S/C17H25FN2O3/c1-3-15(22)19-13-9-20(14(10-21)17(23)16(13)18)11(2)12-7-5-4-6-8-12/h4-8,11,13-14,16-17,21,23H,3,9-10H2,1-2H3,(H,19,22)/t11?,13-,14+,16+,17+/m0/s1. The van der Waals surface area contributed by atoms with Crippen molar-refractivity contribution in [2.75, 3.05) is 13.2 Å². The maximum Gasteiger partial charge on any atom is 0.220 e. The highest BCUT2D eigenvalue weighted by Gasteiger charge is 2.45. The number of hydrogen-bond donors (Lipinski definition) is 3. The fourth-order valence-electron chi connectivity index (χ4n) is 3.12. The van der Waals surface area contributed by atoms with E-state index in [4.69, 9.17) is 0 Å². The third kappa shape index (κ3) is 3.88. The van der Waals surface area contributed by atoms with Crippen LogP contribution < -0.4 is 5.32 Å². The summed E-state index contributed by atoms with van der Waals surface area (Å²) < 4.78 is 14.4. The quantitative estimate of drug-likeness (QED) is 0.756. The van der Waals surface area contributed by atoms with Crippen LogP contribution >= 0.6 is 0 Å². The highest BCUT2D eigenvalue weighted by molar-refractivity contribution is 5.76. The third-order valence-electron chi connectivity index (χ3n) is 4.57. The molecule has 0 aromatic heterocycles. The second-order valence-electron chi connectivity index (χ2n) is 6.00. The van der Waals surface area contributed by atoms with Gasteiger partial charge >= 0.3 is 0 Å². The second kappa shape index (κ2) is 7.86. The Morgan fingerprint density at radius 2 is 2.09 bits per heavy atom. The molecule has 1 aliphatic rings. The lowest BCUT2D eigenvalue weighted by Gasteiger charge is -2.46. The highest BCUT2D eigenvalue weighted by Crippen LogP contribution is 2.30. The zero-order chi connectivity index (χ0) is 17.0. The van der Waals surface area contributed by atoms with Gasteiger partial charge in [-0.05, 0) is 12.5 Å². The summed E-state index contributed by atoms with van der Waals surface area (Å²) in [5.41, 5.74) is 1.01. The molecule has 0 radical (unpaired) electrons. The van der Waals surface area contributed by atoms with Crippen molar-refractivity contribution in [1.29, 1.82) is 0 Å². The van der Waals surface area contributed by atoms with Crippen molar-refractivity contribution < 1.29 is 19.4 Å². The number of alkyl halides is 1. The normalized spacial score (nSPS) is 30.0. The van der Waals surface area contributed by atoms with Gasteiger partial charge < -0.3 is 15.5 Å². The van der Waals surface area contributed by atoms with Crippen molar-refractivity contribution in [3.8, 4) is 0 Å². The first-order valence-corrected chi connectivity index (χ1v) is 8.02. The summed E-state index contributed by atoms with van der Waals surface area (Å²) in [6.45, 7) is 3.54. The summed E-state index contributed by atoms with van der Waals surface area (Å²) in [5, 5.41) is 22.5. The molecule has 6 heteroatoms. The Labute approximate surface area is 136 Å². The summed E-state index contributed by atoms with van der Waals surface area (Å²) in [7, 11) is 0. The lowest BCUT2D eigenvalue weighted by molar-refractivity contribution is -0.126. The molecule has 1 unspecified atom stereocenters. The van der Waals surface area contributed by atoms with Crippen LogP contribution in [0.25, 0.3) is 0 Å². The predicted molar refractivity (Wildman–Crippen MR) is 85.6 cm³/mol. The molecule has 1 heterocycles. The smallest absolute Gasteiger partial charge is 0.220 e. The number of carbonyl (C=O) groups excluding carboxylic acids is 1. The number of likely N-dealkylation sites (tertiary alicyclic amines) is 1. The number of aliphatic hydroxyl groups is 2. The molecule has 2 rings (SSSR count). The van der Waals surface area contributed by atoms with E-state index in [1.54, 1.807) is 6.92 Å². The molecule has 128 valence electrons. The molecule has 1 amide bonds. The summed E-state index contributed by atoms with van der Waals surface area (Å²) in [5.74, 6) is -0.250. The first kappa shape index (κ1) is 17.8. The molecule has 0 saturated carbocycles. The van der Waals surface area contributed by atoms with Gasteiger partial charge in [0.05, 0.1) is 18.7 Å². The molecule has 0 spiro atoms. The Bertz CT molecular complexity index is 514. The third-order valence-corrected chi connectivity index (χ3v) is 4.57. The average Bonchev–Trinajstić information content (AvgIpc) is 2.58. The molecule has 23 heavy (non-hydrogen) atoms. The fourth-order valence-corrected chi connectivity index (χ4v) is 3.12. The van der Waals surface area contributed by atoms with Crippen LogP contribution in [-0.4, -0.2) is 58.5 Å². The van der Waals surface area contributed by atoms with Gasteiger partial charge in [-0.2, -0.15) is 0 Å². The minimum atomic E-state index is -1.60. The summed E-state index contributed by atoms with van der Waals surface area (Å²) in [6, 6.07) is 8.03. The Morgan fingerprint density at radius 1 is 1.43 bits per heavy atom. The molecule has 1 fully saturated rings. The van der Waals surface area contributed by atoms with E-state index in [1.807, 2.05) is 42.2 Å². The highest BCUT2D eigenvalue weighted by atomic mass is 19.1. The Hall–Kier alpha value is -1.50. The number of carbonyl (C=O) groups is 1. The molecular weight excluding hydrogens is 299 g/mol. The topological polar surface area (TPSA) is 72.8 Å². The van der Waals surface area contributed by atoms with Crippen molar-refractivity contribution in [3.63, 3.8) is 0 Å². The van der Waals surface area contributed by atoms with Crippen LogP contribution in [0.5, 0.6) is 0 Å². The van der Waals surface area contributed by atoms with Crippen LogP contribution in [0.3, 0.4) is 0 Å². The van der Waals surface area contributed by atoms with Gasteiger partial charge in [0.15, 0.2) is 0 Å². The number of rotatable bonds is 5. The van der Waals surface area contributed by atoms with E-state index in [1.165, 1.54) is 0 Å². The lowest BCUT2D eigenvalue weighted by Crippen LogP contribution is -2.65. The van der Waals surface area contributed by atoms with Crippen LogP contribution in [0.4, 0.5) is 4.39 Å². The fraction of sp³-hybridized carbons (Fsp3) is 0.588. The second-order valence-corrected chi connectivity index (χ2v) is 6.00. The maximum atomic E-state index is 14.4. The molecule has 1 aromatic rings. The minimum Gasteiger partial charge on any atom is -0.395 e.